The molecule has 1 aliphatic rings. The molecule has 2 rings (SSSR count). The van der Waals surface area contributed by atoms with Gasteiger partial charge in [0.25, 0.3) is 0 Å². The number of benzene rings is 1. The first-order valence-corrected chi connectivity index (χ1v) is 5.45. The van der Waals surface area contributed by atoms with Crippen molar-refractivity contribution in [3.63, 3.8) is 0 Å². The average molecular weight is 199 g/mol. The Balaban J connectivity index is 2.06. The molecule has 1 N–H and O–H groups in total. The first-order chi connectivity index (χ1) is 7.27. The number of nitrogens with one attached hydrogen (secondary N) is 1. The van der Waals surface area contributed by atoms with Gasteiger partial charge in [-0.3, -0.25) is 0 Å². The van der Waals surface area contributed by atoms with Crippen LogP contribution in [-0.2, 0) is 0 Å². The van der Waals surface area contributed by atoms with Crippen LogP contribution in [0, 0.1) is 6.92 Å². The van der Waals surface area contributed by atoms with Gasteiger partial charge in [0.05, 0.1) is 0 Å². The van der Waals surface area contributed by atoms with Crippen LogP contribution in [-0.4, -0.2) is 6.04 Å². The number of hydrogen-bond acceptors (Lipinski definition) is 1. The van der Waals surface area contributed by atoms with Crippen molar-refractivity contribution in [1.29, 1.82) is 0 Å². The van der Waals surface area contributed by atoms with Gasteiger partial charge in [-0.05, 0) is 37.5 Å². The highest BCUT2D eigenvalue weighted by Crippen LogP contribution is 2.20. The molecule has 0 fully saturated rings. The van der Waals surface area contributed by atoms with E-state index in [1.54, 1.807) is 0 Å². The van der Waals surface area contributed by atoms with Gasteiger partial charge in [0.2, 0.25) is 0 Å². The van der Waals surface area contributed by atoms with E-state index in [2.05, 4.69) is 61.7 Å². The molecule has 1 aliphatic carbocycles. The lowest BCUT2D eigenvalue weighted by molar-refractivity contribution is 0.897. The maximum Gasteiger partial charge on any atom is 0.0451 e. The van der Waals surface area contributed by atoms with Crippen LogP contribution in [0.5, 0.6) is 0 Å². The third-order valence-electron chi connectivity index (χ3n) is 2.87. The van der Waals surface area contributed by atoms with Crippen molar-refractivity contribution in [2.75, 3.05) is 5.32 Å². The SMILES string of the molecule is Cc1ccccc1NC(C)C1=CC=CC1. The smallest absolute Gasteiger partial charge is 0.0451 e. The fourth-order valence-electron chi connectivity index (χ4n) is 1.85. The summed E-state index contributed by atoms with van der Waals surface area (Å²) in [5.41, 5.74) is 3.99. The first-order valence-electron chi connectivity index (χ1n) is 5.45. The van der Waals surface area contributed by atoms with Crippen molar-refractivity contribution in [3.05, 3.63) is 53.6 Å². The summed E-state index contributed by atoms with van der Waals surface area (Å²) in [7, 11) is 0. The topological polar surface area (TPSA) is 12.0 Å². The summed E-state index contributed by atoms with van der Waals surface area (Å²) in [6.07, 6.45) is 7.62. The fraction of sp³-hybridized carbons (Fsp3) is 0.286. The van der Waals surface area contributed by atoms with Crippen LogP contribution < -0.4 is 5.32 Å². The van der Waals surface area contributed by atoms with Crippen LogP contribution in [0.3, 0.4) is 0 Å². The second kappa shape index (κ2) is 4.35. The van der Waals surface area contributed by atoms with Crippen molar-refractivity contribution in [2.24, 2.45) is 0 Å². The molecule has 1 aromatic carbocycles. The molecule has 0 radical (unpaired) electrons. The molecule has 1 atom stereocenters. The van der Waals surface area contributed by atoms with E-state index in [0.29, 0.717) is 6.04 Å². The van der Waals surface area contributed by atoms with Gasteiger partial charge in [-0.2, -0.15) is 0 Å². The van der Waals surface area contributed by atoms with Crippen molar-refractivity contribution < 1.29 is 0 Å². The van der Waals surface area contributed by atoms with Gasteiger partial charge in [-0.15, -0.1) is 0 Å². The lowest BCUT2D eigenvalue weighted by Crippen LogP contribution is -2.17. The summed E-state index contributed by atoms with van der Waals surface area (Å²) in [6.45, 7) is 4.35. The lowest BCUT2D eigenvalue weighted by Gasteiger charge is -2.18. The molecule has 1 unspecified atom stereocenters. The molecule has 1 nitrogen and oxygen atoms in total. The summed E-state index contributed by atoms with van der Waals surface area (Å²) in [5.74, 6) is 0. The second-order valence-electron chi connectivity index (χ2n) is 4.05. The lowest BCUT2D eigenvalue weighted by atomic mass is 10.1. The van der Waals surface area contributed by atoms with E-state index in [1.165, 1.54) is 16.8 Å². The zero-order valence-electron chi connectivity index (χ0n) is 9.33. The Morgan fingerprint density at radius 3 is 2.73 bits per heavy atom. The molecule has 1 heteroatoms. The van der Waals surface area contributed by atoms with E-state index < -0.39 is 0 Å². The van der Waals surface area contributed by atoms with Crippen LogP contribution in [0.1, 0.15) is 18.9 Å². The van der Waals surface area contributed by atoms with E-state index >= 15 is 0 Å². The van der Waals surface area contributed by atoms with Crippen LogP contribution in [0.25, 0.3) is 0 Å². The van der Waals surface area contributed by atoms with Crippen molar-refractivity contribution in [2.45, 2.75) is 26.3 Å². The molecule has 0 bridgehead atoms. The highest BCUT2D eigenvalue weighted by molar-refractivity contribution is 5.52. The number of allylic oxidation sites excluding steroid dienone is 3. The molecule has 0 saturated carbocycles. The van der Waals surface area contributed by atoms with E-state index in [0.717, 1.165) is 6.42 Å². The molecule has 0 aliphatic heterocycles. The number of anilines is 1. The van der Waals surface area contributed by atoms with Crippen molar-refractivity contribution in [1.82, 2.24) is 0 Å². The summed E-state index contributed by atoms with van der Waals surface area (Å²) in [4.78, 5) is 0. The Morgan fingerprint density at radius 1 is 1.27 bits per heavy atom. The molecule has 78 valence electrons. The van der Waals surface area contributed by atoms with Gasteiger partial charge in [0.1, 0.15) is 0 Å². The maximum absolute atomic E-state index is 3.54. The van der Waals surface area contributed by atoms with Gasteiger partial charge in [-0.1, -0.05) is 36.4 Å². The molecular weight excluding hydrogens is 182 g/mol. The summed E-state index contributed by atoms with van der Waals surface area (Å²) < 4.78 is 0. The summed E-state index contributed by atoms with van der Waals surface area (Å²) in [6, 6.07) is 8.83. The quantitative estimate of drug-likeness (QED) is 0.783. The minimum Gasteiger partial charge on any atom is -0.379 e. The molecule has 15 heavy (non-hydrogen) atoms. The Labute approximate surface area is 91.5 Å². The standard InChI is InChI=1S/C14H17N/c1-11-7-3-6-10-14(11)15-12(2)13-8-4-5-9-13/h3-8,10,12,15H,9H2,1-2H3. The molecule has 0 amide bonds. The predicted octanol–water partition coefficient (Wildman–Crippen LogP) is 3.68. The highest BCUT2D eigenvalue weighted by atomic mass is 14.9. The van der Waals surface area contributed by atoms with Gasteiger partial charge in [-0.25, -0.2) is 0 Å². The first kappa shape index (κ1) is 10.0. The van der Waals surface area contributed by atoms with Gasteiger partial charge in [0, 0.05) is 11.7 Å². The molecule has 0 saturated heterocycles. The average Bonchev–Trinajstić information content (AvgIpc) is 2.74. The number of hydrogen-bond donors (Lipinski definition) is 1. The Morgan fingerprint density at radius 2 is 2.07 bits per heavy atom. The van der Waals surface area contributed by atoms with Crippen molar-refractivity contribution >= 4 is 5.69 Å². The number of aryl methyl sites for hydroxylation is 1. The molecular formula is C14H17N. The largest absolute Gasteiger partial charge is 0.379 e. The Hall–Kier alpha value is -1.50. The monoisotopic (exact) mass is 199 g/mol. The van der Waals surface area contributed by atoms with Crippen LogP contribution in [0.4, 0.5) is 5.69 Å². The fourth-order valence-corrected chi connectivity index (χ4v) is 1.85. The predicted molar refractivity (Wildman–Crippen MR) is 66.1 cm³/mol. The second-order valence-corrected chi connectivity index (χ2v) is 4.05. The molecule has 0 spiro atoms. The highest BCUT2D eigenvalue weighted by Gasteiger charge is 2.09. The summed E-state index contributed by atoms with van der Waals surface area (Å²) in [5, 5.41) is 3.54. The van der Waals surface area contributed by atoms with E-state index in [4.69, 9.17) is 0 Å². The summed E-state index contributed by atoms with van der Waals surface area (Å²) >= 11 is 0. The number of rotatable bonds is 3. The van der Waals surface area contributed by atoms with Crippen LogP contribution in [0.2, 0.25) is 0 Å². The number of para-hydroxylation sites is 1. The van der Waals surface area contributed by atoms with E-state index in [-0.39, 0.29) is 0 Å². The van der Waals surface area contributed by atoms with E-state index in [1.807, 2.05) is 0 Å². The molecule has 0 heterocycles. The Bertz CT molecular complexity index is 402. The minimum atomic E-state index is 0.418. The van der Waals surface area contributed by atoms with Gasteiger partial charge < -0.3 is 5.32 Å². The minimum absolute atomic E-state index is 0.418. The van der Waals surface area contributed by atoms with Gasteiger partial charge in [0.15, 0.2) is 0 Å². The normalized spacial score (nSPS) is 16.3. The van der Waals surface area contributed by atoms with Crippen LogP contribution in [0.15, 0.2) is 48.1 Å². The molecule has 1 aromatic rings. The Kier molecular flexibility index (Phi) is 2.91. The van der Waals surface area contributed by atoms with Crippen molar-refractivity contribution in [3.8, 4) is 0 Å². The van der Waals surface area contributed by atoms with E-state index in [9.17, 15) is 0 Å². The maximum atomic E-state index is 3.54. The third kappa shape index (κ3) is 2.30. The third-order valence-corrected chi connectivity index (χ3v) is 2.87. The van der Waals surface area contributed by atoms with Gasteiger partial charge >= 0.3 is 0 Å². The zero-order valence-corrected chi connectivity index (χ0v) is 9.33. The van der Waals surface area contributed by atoms with Crippen LogP contribution >= 0.6 is 0 Å². The zero-order chi connectivity index (χ0) is 10.7. The molecule has 0 aromatic heterocycles.